The summed E-state index contributed by atoms with van der Waals surface area (Å²) in [4.78, 5) is 26.7. The minimum absolute atomic E-state index is 0.0140. The van der Waals surface area contributed by atoms with E-state index in [1.807, 2.05) is 0 Å². The van der Waals surface area contributed by atoms with Gasteiger partial charge in [-0.2, -0.15) is 13.2 Å². The molecule has 1 aliphatic rings. The van der Waals surface area contributed by atoms with Gasteiger partial charge in [-0.1, -0.05) is 12.1 Å². The zero-order valence-corrected chi connectivity index (χ0v) is 19.1. The molecule has 190 valence electrons. The number of urea groups is 1. The van der Waals surface area contributed by atoms with Gasteiger partial charge in [0.05, 0.1) is 24.5 Å². The van der Waals surface area contributed by atoms with Crippen LogP contribution in [0.15, 0.2) is 53.5 Å². The lowest BCUT2D eigenvalue weighted by Crippen LogP contribution is -2.22. The number of carbonyl (C=O) groups excluding carboxylic acids is 1. The van der Waals surface area contributed by atoms with Gasteiger partial charge in [0, 0.05) is 22.9 Å². The summed E-state index contributed by atoms with van der Waals surface area (Å²) in [6.07, 6.45) is -2.40. The summed E-state index contributed by atoms with van der Waals surface area (Å²) in [5.74, 6) is -0.718. The third kappa shape index (κ3) is 5.20. The number of aromatic amines is 1. The van der Waals surface area contributed by atoms with Crippen molar-refractivity contribution in [1.29, 1.82) is 0 Å². The molecule has 0 bridgehead atoms. The molecule has 0 spiro atoms. The second kappa shape index (κ2) is 9.65. The molecule has 0 unspecified atom stereocenters. The summed E-state index contributed by atoms with van der Waals surface area (Å²) in [7, 11) is 0. The minimum atomic E-state index is -4.68. The Hall–Kier alpha value is -3.86. The Morgan fingerprint density at radius 3 is 2.47 bits per heavy atom. The van der Waals surface area contributed by atoms with Crippen molar-refractivity contribution in [2.45, 2.75) is 31.4 Å². The lowest BCUT2D eigenvalue weighted by atomic mass is 9.91. The first-order chi connectivity index (χ1) is 17.1. The van der Waals surface area contributed by atoms with Gasteiger partial charge in [-0.25, -0.2) is 9.18 Å². The van der Waals surface area contributed by atoms with Gasteiger partial charge in [0.15, 0.2) is 5.75 Å². The summed E-state index contributed by atoms with van der Waals surface area (Å²) >= 11 is 0. The molecule has 4 rings (SSSR count). The lowest BCUT2D eigenvalue weighted by Gasteiger charge is -2.20. The van der Waals surface area contributed by atoms with Gasteiger partial charge in [0.2, 0.25) is 0 Å². The van der Waals surface area contributed by atoms with Crippen LogP contribution < -0.4 is 20.9 Å². The summed E-state index contributed by atoms with van der Waals surface area (Å²) in [6, 6.07) is 7.81. The number of aliphatic hydroxyl groups is 1. The van der Waals surface area contributed by atoms with Crippen LogP contribution in [0.4, 0.5) is 33.7 Å². The fourth-order valence-corrected chi connectivity index (χ4v) is 3.96. The van der Waals surface area contributed by atoms with Gasteiger partial charge in [-0.15, -0.1) is 0 Å². The van der Waals surface area contributed by atoms with Crippen molar-refractivity contribution in [2.75, 3.05) is 23.8 Å². The van der Waals surface area contributed by atoms with Crippen molar-refractivity contribution in [3.8, 4) is 16.9 Å². The fraction of sp³-hybridized carbons (Fsp3) is 0.280. The molecule has 0 atom stereocenters. The number of alkyl halides is 3. The normalized spacial score (nSPS) is 14.3. The molecule has 2 aromatic carbocycles. The highest BCUT2D eigenvalue weighted by atomic mass is 19.4. The number of anilines is 2. The number of pyridine rings is 1. The maximum atomic E-state index is 14.7. The second-order valence-corrected chi connectivity index (χ2v) is 8.49. The number of carbonyl (C=O) groups is 1. The van der Waals surface area contributed by atoms with Gasteiger partial charge in [-0.3, -0.25) is 4.79 Å². The van der Waals surface area contributed by atoms with E-state index in [1.54, 1.807) is 6.92 Å². The first kappa shape index (κ1) is 25.2. The summed E-state index contributed by atoms with van der Waals surface area (Å²) < 4.78 is 60.9. The summed E-state index contributed by atoms with van der Waals surface area (Å²) in [6.45, 7) is 1.59. The van der Waals surface area contributed by atoms with Gasteiger partial charge in [0.25, 0.3) is 5.56 Å². The summed E-state index contributed by atoms with van der Waals surface area (Å²) in [5, 5.41) is 14.1. The van der Waals surface area contributed by atoms with Crippen LogP contribution in [0.25, 0.3) is 11.1 Å². The van der Waals surface area contributed by atoms with Crippen molar-refractivity contribution in [3.05, 3.63) is 76.0 Å². The Balaban J connectivity index is 1.51. The second-order valence-electron chi connectivity index (χ2n) is 8.49. The molecule has 4 N–H and O–H groups in total. The SMILES string of the molecule is CCOc1cc(-c2ccc(NC(=O)Nc3ccc(C4(CO)CC4)c(C(F)(F)F)c3)c(F)c2)c[nH]c1=O. The van der Waals surface area contributed by atoms with Crippen LogP contribution in [0.1, 0.15) is 30.9 Å². The molecular formula is C25H23F4N3O4. The molecule has 36 heavy (non-hydrogen) atoms. The number of rotatable bonds is 7. The monoisotopic (exact) mass is 505 g/mol. The molecule has 7 nitrogen and oxygen atoms in total. The number of hydrogen-bond acceptors (Lipinski definition) is 4. The predicted molar refractivity (Wildman–Crippen MR) is 126 cm³/mol. The molecule has 1 aromatic heterocycles. The third-order valence-electron chi connectivity index (χ3n) is 6.03. The average Bonchev–Trinajstić information content (AvgIpc) is 3.62. The van der Waals surface area contributed by atoms with Crippen molar-refractivity contribution in [2.24, 2.45) is 0 Å². The van der Waals surface area contributed by atoms with Crippen LogP contribution in [0.3, 0.4) is 0 Å². The number of nitrogens with one attached hydrogen (secondary N) is 3. The lowest BCUT2D eigenvalue weighted by molar-refractivity contribution is -0.138. The highest BCUT2D eigenvalue weighted by molar-refractivity contribution is 6.00. The van der Waals surface area contributed by atoms with Crippen molar-refractivity contribution in [3.63, 3.8) is 0 Å². The number of halogens is 4. The smallest absolute Gasteiger partial charge is 0.416 e. The predicted octanol–water partition coefficient (Wildman–Crippen LogP) is 5.27. The Kier molecular flexibility index (Phi) is 6.77. The van der Waals surface area contributed by atoms with Crippen LogP contribution in [-0.2, 0) is 11.6 Å². The molecular weight excluding hydrogens is 482 g/mol. The third-order valence-corrected chi connectivity index (χ3v) is 6.03. The number of benzene rings is 2. The quantitative estimate of drug-likeness (QED) is 0.329. The van der Waals surface area contributed by atoms with Gasteiger partial charge in [0.1, 0.15) is 5.82 Å². The molecule has 0 aliphatic heterocycles. The molecule has 1 saturated carbocycles. The Bertz CT molecular complexity index is 1350. The first-order valence-corrected chi connectivity index (χ1v) is 11.1. The van der Waals surface area contributed by atoms with Crippen LogP contribution in [0, 0.1) is 5.82 Å². The van der Waals surface area contributed by atoms with E-state index in [0.29, 0.717) is 24.0 Å². The molecule has 1 heterocycles. The zero-order valence-electron chi connectivity index (χ0n) is 19.1. The zero-order chi connectivity index (χ0) is 26.1. The summed E-state index contributed by atoms with van der Waals surface area (Å²) in [5.41, 5.74) is -1.74. The number of H-pyrrole nitrogens is 1. The highest BCUT2D eigenvalue weighted by Gasteiger charge is 2.49. The van der Waals surface area contributed by atoms with Gasteiger partial charge < -0.3 is 25.5 Å². The minimum Gasteiger partial charge on any atom is -0.488 e. The topological polar surface area (TPSA) is 103 Å². The number of aromatic nitrogens is 1. The number of amides is 2. The van der Waals surface area contributed by atoms with E-state index in [-0.39, 0.29) is 29.3 Å². The van der Waals surface area contributed by atoms with Crippen LogP contribution in [0.5, 0.6) is 5.75 Å². The number of ether oxygens (including phenoxy) is 1. The highest BCUT2D eigenvalue weighted by Crippen LogP contribution is 2.51. The Morgan fingerprint density at radius 2 is 1.86 bits per heavy atom. The van der Waals surface area contributed by atoms with Gasteiger partial charge >= 0.3 is 12.2 Å². The molecule has 1 aliphatic carbocycles. The Labute approximate surface area is 203 Å². The van der Waals surface area contributed by atoms with Crippen molar-refractivity contribution >= 4 is 17.4 Å². The molecule has 0 saturated heterocycles. The van der Waals surface area contributed by atoms with Crippen molar-refractivity contribution < 1.29 is 32.2 Å². The van der Waals surface area contributed by atoms with Crippen LogP contribution in [-0.4, -0.2) is 29.3 Å². The van der Waals surface area contributed by atoms with E-state index in [0.717, 1.165) is 12.1 Å². The molecule has 2 amide bonds. The fourth-order valence-electron chi connectivity index (χ4n) is 3.96. The van der Waals surface area contributed by atoms with E-state index in [1.165, 1.54) is 36.5 Å². The number of hydrogen-bond donors (Lipinski definition) is 4. The van der Waals surface area contributed by atoms with Crippen molar-refractivity contribution in [1.82, 2.24) is 4.98 Å². The first-order valence-electron chi connectivity index (χ1n) is 11.1. The maximum absolute atomic E-state index is 14.7. The largest absolute Gasteiger partial charge is 0.488 e. The molecule has 11 heteroatoms. The van der Waals surface area contributed by atoms with E-state index in [4.69, 9.17) is 4.74 Å². The van der Waals surface area contributed by atoms with E-state index in [2.05, 4.69) is 15.6 Å². The average molecular weight is 505 g/mol. The van der Waals surface area contributed by atoms with Gasteiger partial charge in [-0.05, 0) is 61.2 Å². The van der Waals surface area contributed by atoms with E-state index >= 15 is 0 Å². The molecule has 0 radical (unpaired) electrons. The number of aliphatic hydroxyl groups excluding tert-OH is 1. The van der Waals surface area contributed by atoms with E-state index < -0.39 is 41.2 Å². The maximum Gasteiger partial charge on any atom is 0.416 e. The van der Waals surface area contributed by atoms with E-state index in [9.17, 15) is 32.3 Å². The molecule has 3 aromatic rings. The molecule has 1 fully saturated rings. The van der Waals surface area contributed by atoms with Crippen LogP contribution >= 0.6 is 0 Å². The standard InChI is InChI=1S/C25H23F4N3O4/c1-2-36-21-10-15(12-30-22(21)34)14-3-6-20(19(26)9-14)32-23(35)31-16-4-5-17(24(13-33)7-8-24)18(11-16)25(27,28)29/h3-6,9-12,33H,2,7-8,13H2,1H3,(H,30,34)(H2,31,32,35). The van der Waals surface area contributed by atoms with Crippen LogP contribution in [0.2, 0.25) is 0 Å². The Morgan fingerprint density at radius 1 is 1.11 bits per heavy atom.